The number of amides is 1. The molecule has 6 heteroatoms. The Morgan fingerprint density at radius 2 is 1.65 bits per heavy atom. The molecule has 1 amide bonds. The Labute approximate surface area is 128 Å². The van der Waals surface area contributed by atoms with Crippen molar-refractivity contribution < 1.29 is 14.1 Å². The van der Waals surface area contributed by atoms with Gasteiger partial charge in [-0.3, -0.25) is 4.79 Å². The van der Waals surface area contributed by atoms with Crippen molar-refractivity contribution in [2.24, 2.45) is 0 Å². The summed E-state index contributed by atoms with van der Waals surface area (Å²) in [7, 11) is -0.374. The van der Waals surface area contributed by atoms with Crippen molar-refractivity contribution in [2.75, 3.05) is 10.6 Å². The molecule has 0 saturated carbocycles. The lowest BCUT2D eigenvalue weighted by Crippen LogP contribution is -2.41. The van der Waals surface area contributed by atoms with Gasteiger partial charge in [0.15, 0.2) is 0 Å². The fourth-order valence-electron chi connectivity index (χ4n) is 1.90. The van der Waals surface area contributed by atoms with E-state index in [0.717, 1.165) is 11.2 Å². The van der Waals surface area contributed by atoms with Crippen LogP contribution in [0, 0.1) is 0 Å². The number of carbonyl (C=O) groups is 1. The van der Waals surface area contributed by atoms with E-state index in [1.807, 2.05) is 52.0 Å². The maximum Gasteiger partial charge on any atom is 0.494 e. The summed E-state index contributed by atoms with van der Waals surface area (Å²) < 4.78 is 12.0. The van der Waals surface area contributed by atoms with Crippen LogP contribution >= 0.6 is 15.9 Å². The Morgan fingerprint density at radius 1 is 1.15 bits per heavy atom. The molecule has 0 radical (unpaired) electrons. The lowest BCUT2D eigenvalue weighted by Gasteiger charge is -2.32. The van der Waals surface area contributed by atoms with E-state index >= 15 is 0 Å². The van der Waals surface area contributed by atoms with E-state index in [2.05, 4.69) is 21.2 Å². The normalized spacial score (nSPS) is 19.9. The van der Waals surface area contributed by atoms with Gasteiger partial charge in [-0.1, -0.05) is 28.1 Å². The number of benzene rings is 1. The molecule has 1 saturated heterocycles. The monoisotopic (exact) mass is 339 g/mol. The average molecular weight is 340 g/mol. The molecular formula is C14H19BBrNO3. The first-order chi connectivity index (χ1) is 9.25. The highest BCUT2D eigenvalue weighted by Gasteiger charge is 2.51. The van der Waals surface area contributed by atoms with Crippen LogP contribution in [0.1, 0.15) is 27.7 Å². The molecule has 1 fully saturated rings. The third-order valence-electron chi connectivity index (χ3n) is 3.84. The van der Waals surface area contributed by atoms with Crippen LogP contribution in [0.25, 0.3) is 0 Å². The van der Waals surface area contributed by atoms with Gasteiger partial charge in [-0.2, -0.15) is 0 Å². The molecule has 0 unspecified atom stereocenters. The lowest BCUT2D eigenvalue weighted by molar-refractivity contribution is -0.113. The Bertz CT molecular complexity index is 486. The van der Waals surface area contributed by atoms with E-state index in [1.165, 1.54) is 0 Å². The van der Waals surface area contributed by atoms with E-state index in [-0.39, 0.29) is 29.6 Å². The highest BCUT2D eigenvalue weighted by atomic mass is 79.9. The zero-order chi connectivity index (χ0) is 15.0. The van der Waals surface area contributed by atoms with Crippen LogP contribution in [0.15, 0.2) is 24.3 Å². The van der Waals surface area contributed by atoms with E-state index < -0.39 is 0 Å². The van der Waals surface area contributed by atoms with Gasteiger partial charge in [0.05, 0.1) is 16.5 Å². The summed E-state index contributed by atoms with van der Waals surface area (Å²) in [4.78, 5) is 11.3. The number of halogens is 1. The largest absolute Gasteiger partial charge is 0.494 e. The molecular weight excluding hydrogens is 321 g/mol. The molecule has 0 aromatic heterocycles. The highest BCUT2D eigenvalue weighted by molar-refractivity contribution is 9.09. The van der Waals surface area contributed by atoms with Crippen LogP contribution in [-0.2, 0) is 14.1 Å². The third kappa shape index (κ3) is 3.08. The van der Waals surface area contributed by atoms with Crippen LogP contribution < -0.4 is 10.8 Å². The molecule has 108 valence electrons. The smallest absolute Gasteiger partial charge is 0.399 e. The number of hydrogen-bond acceptors (Lipinski definition) is 3. The van der Waals surface area contributed by atoms with Gasteiger partial charge in [0.25, 0.3) is 0 Å². The van der Waals surface area contributed by atoms with Crippen molar-refractivity contribution in [3.63, 3.8) is 0 Å². The molecule has 1 heterocycles. The van der Waals surface area contributed by atoms with Crippen LogP contribution in [0.5, 0.6) is 0 Å². The summed E-state index contributed by atoms with van der Waals surface area (Å²) in [5.41, 5.74) is 1.01. The van der Waals surface area contributed by atoms with Crippen molar-refractivity contribution in [2.45, 2.75) is 38.9 Å². The van der Waals surface area contributed by atoms with Crippen LogP contribution in [0.4, 0.5) is 5.69 Å². The van der Waals surface area contributed by atoms with Crippen LogP contribution in [-0.4, -0.2) is 29.6 Å². The molecule has 1 aliphatic rings. The summed E-state index contributed by atoms with van der Waals surface area (Å²) >= 11 is 3.11. The summed E-state index contributed by atoms with van der Waals surface area (Å²) in [5, 5.41) is 3.06. The molecule has 1 N–H and O–H groups in total. The summed E-state index contributed by atoms with van der Waals surface area (Å²) in [6, 6.07) is 7.51. The van der Waals surface area contributed by atoms with Crippen molar-refractivity contribution in [1.29, 1.82) is 0 Å². The van der Waals surface area contributed by atoms with E-state index in [0.29, 0.717) is 0 Å². The van der Waals surface area contributed by atoms with Gasteiger partial charge < -0.3 is 14.6 Å². The molecule has 0 spiro atoms. The van der Waals surface area contributed by atoms with Gasteiger partial charge in [0, 0.05) is 5.69 Å². The van der Waals surface area contributed by atoms with Gasteiger partial charge in [-0.25, -0.2) is 0 Å². The summed E-state index contributed by atoms with van der Waals surface area (Å²) in [6.07, 6.45) is 0. The molecule has 4 nitrogen and oxygen atoms in total. The molecule has 20 heavy (non-hydrogen) atoms. The number of carbonyl (C=O) groups excluding carboxylic acids is 1. The number of alkyl halides is 1. The van der Waals surface area contributed by atoms with Gasteiger partial charge in [-0.05, 0) is 45.3 Å². The molecule has 0 aliphatic carbocycles. The zero-order valence-electron chi connectivity index (χ0n) is 12.2. The van der Waals surface area contributed by atoms with E-state index in [1.54, 1.807) is 0 Å². The maximum absolute atomic E-state index is 11.3. The van der Waals surface area contributed by atoms with Crippen molar-refractivity contribution in [3.05, 3.63) is 24.3 Å². The number of rotatable bonds is 3. The summed E-state index contributed by atoms with van der Waals surface area (Å²) in [5.74, 6) is -0.0756. The van der Waals surface area contributed by atoms with Crippen molar-refractivity contribution >= 4 is 40.1 Å². The molecule has 1 aliphatic heterocycles. The second kappa shape index (κ2) is 5.50. The minimum absolute atomic E-state index is 0.0756. The molecule has 1 aromatic rings. The standard InChI is InChI=1S/C14H19BBrNO3/c1-13(2)14(3,4)20-15(19-13)10-5-7-11(8-6-10)17-12(18)9-16/h5-8H,9H2,1-4H3,(H,17,18). The van der Waals surface area contributed by atoms with Gasteiger partial charge >= 0.3 is 7.12 Å². The first-order valence-corrected chi connectivity index (χ1v) is 7.69. The highest BCUT2D eigenvalue weighted by Crippen LogP contribution is 2.36. The van der Waals surface area contributed by atoms with E-state index in [4.69, 9.17) is 9.31 Å². The minimum Gasteiger partial charge on any atom is -0.399 e. The Kier molecular flexibility index (Phi) is 4.28. The Hall–Kier alpha value is -0.845. The third-order valence-corrected chi connectivity index (χ3v) is 4.35. The zero-order valence-corrected chi connectivity index (χ0v) is 13.8. The molecule has 2 rings (SSSR count). The number of hydrogen-bond donors (Lipinski definition) is 1. The van der Waals surface area contributed by atoms with Crippen LogP contribution in [0.2, 0.25) is 0 Å². The first-order valence-electron chi connectivity index (χ1n) is 6.56. The molecule has 0 atom stereocenters. The predicted octanol–water partition coefficient (Wildman–Crippen LogP) is 2.32. The number of nitrogens with one attached hydrogen (secondary N) is 1. The van der Waals surface area contributed by atoms with E-state index in [9.17, 15) is 4.79 Å². The Balaban J connectivity index is 2.10. The van der Waals surface area contributed by atoms with Gasteiger partial charge in [0.2, 0.25) is 5.91 Å². The van der Waals surface area contributed by atoms with Gasteiger partial charge in [-0.15, -0.1) is 0 Å². The van der Waals surface area contributed by atoms with Crippen molar-refractivity contribution in [1.82, 2.24) is 0 Å². The Morgan fingerprint density at radius 3 is 2.10 bits per heavy atom. The SMILES string of the molecule is CC1(C)OB(c2ccc(NC(=O)CBr)cc2)OC1(C)C. The van der Waals surface area contributed by atoms with Crippen LogP contribution in [0.3, 0.4) is 0 Å². The number of anilines is 1. The predicted molar refractivity (Wildman–Crippen MR) is 84.6 cm³/mol. The maximum atomic E-state index is 11.3. The van der Waals surface area contributed by atoms with Gasteiger partial charge in [0.1, 0.15) is 0 Å². The molecule has 0 bridgehead atoms. The lowest BCUT2D eigenvalue weighted by atomic mass is 9.79. The fraction of sp³-hybridized carbons (Fsp3) is 0.500. The molecule has 1 aromatic carbocycles. The fourth-order valence-corrected chi connectivity index (χ4v) is 2.04. The minimum atomic E-state index is -0.374. The topological polar surface area (TPSA) is 47.6 Å². The summed E-state index contributed by atoms with van der Waals surface area (Å²) in [6.45, 7) is 8.10. The average Bonchev–Trinajstić information content (AvgIpc) is 2.59. The first kappa shape index (κ1) is 15.5. The quantitative estimate of drug-likeness (QED) is 0.679. The van der Waals surface area contributed by atoms with Crippen molar-refractivity contribution in [3.8, 4) is 0 Å². The second-order valence-electron chi connectivity index (χ2n) is 5.89. The second-order valence-corrected chi connectivity index (χ2v) is 6.45.